The lowest BCUT2D eigenvalue weighted by Crippen LogP contribution is -2.36. The fraction of sp³-hybridized carbons (Fsp3) is 0.217. The van der Waals surface area contributed by atoms with Crippen LogP contribution < -0.4 is 10.3 Å². The van der Waals surface area contributed by atoms with Gasteiger partial charge < -0.3 is 9.57 Å². The highest BCUT2D eigenvalue weighted by atomic mass is 35.5. The number of ether oxygens (including phenoxy) is 1. The molecule has 0 aliphatic rings. The Bertz CT molecular complexity index is 1170. The standard InChI is InChI=1S/C23H21ClN4O3/c1-23(2,3)28-22(29)21(24)20(14-26-28)31-18-11-9-16(10-12-18)15-30-27-19(13-25)17-7-5-4-6-8-17/h4-12,14H,15H2,1-3H3/b27-19-. The lowest BCUT2D eigenvalue weighted by molar-refractivity contribution is 0.131. The van der Waals surface area contributed by atoms with E-state index >= 15 is 0 Å². The summed E-state index contributed by atoms with van der Waals surface area (Å²) in [5.41, 5.74) is 0.811. The molecule has 7 nitrogen and oxygen atoms in total. The van der Waals surface area contributed by atoms with E-state index in [1.54, 1.807) is 36.4 Å². The summed E-state index contributed by atoms with van der Waals surface area (Å²) in [4.78, 5) is 17.7. The zero-order chi connectivity index (χ0) is 22.4. The minimum atomic E-state index is -0.491. The molecule has 0 bridgehead atoms. The summed E-state index contributed by atoms with van der Waals surface area (Å²) >= 11 is 6.19. The molecule has 0 saturated carbocycles. The van der Waals surface area contributed by atoms with Crippen LogP contribution in [0.3, 0.4) is 0 Å². The summed E-state index contributed by atoms with van der Waals surface area (Å²) < 4.78 is 7.02. The van der Waals surface area contributed by atoms with Crippen LogP contribution in [0.5, 0.6) is 11.5 Å². The maximum absolute atomic E-state index is 12.4. The topological polar surface area (TPSA) is 89.5 Å². The fourth-order valence-corrected chi connectivity index (χ4v) is 2.82. The molecule has 0 spiro atoms. The molecule has 0 amide bonds. The second kappa shape index (κ2) is 9.45. The molecule has 0 aliphatic heterocycles. The third-order valence-electron chi connectivity index (χ3n) is 4.21. The predicted octanol–water partition coefficient (Wildman–Crippen LogP) is 4.89. The largest absolute Gasteiger partial charge is 0.454 e. The average Bonchev–Trinajstić information content (AvgIpc) is 2.75. The second-order valence-electron chi connectivity index (χ2n) is 7.65. The summed E-state index contributed by atoms with van der Waals surface area (Å²) in [5.74, 6) is 0.674. The van der Waals surface area contributed by atoms with Gasteiger partial charge in [-0.05, 0) is 38.5 Å². The van der Waals surface area contributed by atoms with Crippen LogP contribution >= 0.6 is 11.6 Å². The number of halogens is 1. The number of nitrogens with zero attached hydrogens (tertiary/aromatic N) is 4. The second-order valence-corrected chi connectivity index (χ2v) is 8.03. The van der Waals surface area contributed by atoms with Crippen LogP contribution in [0.4, 0.5) is 0 Å². The highest BCUT2D eigenvalue weighted by molar-refractivity contribution is 6.31. The van der Waals surface area contributed by atoms with E-state index in [0.29, 0.717) is 11.3 Å². The number of oxime groups is 1. The highest BCUT2D eigenvalue weighted by Crippen LogP contribution is 2.27. The van der Waals surface area contributed by atoms with Crippen LogP contribution in [0.1, 0.15) is 31.9 Å². The lowest BCUT2D eigenvalue weighted by Gasteiger charge is -2.21. The van der Waals surface area contributed by atoms with Crippen molar-refractivity contribution in [2.45, 2.75) is 32.9 Å². The number of hydrogen-bond donors (Lipinski definition) is 0. The van der Waals surface area contributed by atoms with E-state index in [2.05, 4.69) is 10.3 Å². The molecule has 0 fully saturated rings. The quantitative estimate of drug-likeness (QED) is 0.405. The molecule has 0 unspecified atom stereocenters. The van der Waals surface area contributed by atoms with Gasteiger partial charge in [0.05, 0.1) is 11.7 Å². The molecule has 1 aromatic heterocycles. The fourth-order valence-electron chi connectivity index (χ4n) is 2.65. The van der Waals surface area contributed by atoms with Gasteiger partial charge in [-0.3, -0.25) is 4.79 Å². The number of aromatic nitrogens is 2. The molecular weight excluding hydrogens is 416 g/mol. The van der Waals surface area contributed by atoms with Gasteiger partial charge in [-0.2, -0.15) is 10.4 Å². The van der Waals surface area contributed by atoms with Crippen molar-refractivity contribution in [3.63, 3.8) is 0 Å². The molecule has 3 aromatic rings. The number of rotatable bonds is 6. The van der Waals surface area contributed by atoms with Crippen molar-refractivity contribution in [3.8, 4) is 17.6 Å². The van der Waals surface area contributed by atoms with Gasteiger partial charge in [0, 0.05) is 5.56 Å². The zero-order valence-corrected chi connectivity index (χ0v) is 18.1. The summed E-state index contributed by atoms with van der Waals surface area (Å²) in [6.45, 7) is 5.77. The van der Waals surface area contributed by atoms with Gasteiger partial charge in [0.2, 0.25) is 0 Å². The van der Waals surface area contributed by atoms with Crippen LogP contribution in [0.2, 0.25) is 5.02 Å². The number of nitriles is 1. The number of benzene rings is 2. The summed E-state index contributed by atoms with van der Waals surface area (Å²) in [5, 5.41) is 17.3. The van der Waals surface area contributed by atoms with Crippen LogP contribution in [-0.2, 0) is 17.0 Å². The Labute approximate surface area is 185 Å². The Morgan fingerprint density at radius 3 is 2.45 bits per heavy atom. The van der Waals surface area contributed by atoms with Crippen LogP contribution in [0, 0.1) is 11.3 Å². The molecule has 0 atom stereocenters. The van der Waals surface area contributed by atoms with E-state index in [0.717, 1.165) is 5.56 Å². The van der Waals surface area contributed by atoms with E-state index in [4.69, 9.17) is 21.2 Å². The first-order valence-corrected chi connectivity index (χ1v) is 9.88. The molecule has 0 aliphatic carbocycles. The van der Waals surface area contributed by atoms with E-state index < -0.39 is 11.1 Å². The molecule has 0 saturated heterocycles. The van der Waals surface area contributed by atoms with Crippen molar-refractivity contribution in [1.82, 2.24) is 9.78 Å². The molecule has 8 heteroatoms. The molecule has 158 valence electrons. The number of hydrogen-bond acceptors (Lipinski definition) is 6. The van der Waals surface area contributed by atoms with E-state index in [1.807, 2.05) is 45.0 Å². The third-order valence-corrected chi connectivity index (χ3v) is 4.56. The van der Waals surface area contributed by atoms with Gasteiger partial charge in [-0.15, -0.1) is 0 Å². The molecule has 3 rings (SSSR count). The normalized spacial score (nSPS) is 11.6. The van der Waals surface area contributed by atoms with Crippen molar-refractivity contribution in [2.75, 3.05) is 0 Å². The average molecular weight is 437 g/mol. The monoisotopic (exact) mass is 436 g/mol. The van der Waals surface area contributed by atoms with Gasteiger partial charge in [-0.25, -0.2) is 4.68 Å². The summed E-state index contributed by atoms with van der Waals surface area (Å²) in [6.07, 6.45) is 1.42. The van der Waals surface area contributed by atoms with E-state index in [1.165, 1.54) is 10.9 Å². The molecule has 1 heterocycles. The van der Waals surface area contributed by atoms with Gasteiger partial charge in [-0.1, -0.05) is 59.2 Å². The molecule has 0 N–H and O–H groups in total. The Morgan fingerprint density at radius 2 is 1.84 bits per heavy atom. The Kier molecular flexibility index (Phi) is 6.73. The Morgan fingerprint density at radius 1 is 1.16 bits per heavy atom. The molecule has 2 aromatic carbocycles. The van der Waals surface area contributed by atoms with Crippen LogP contribution in [0.25, 0.3) is 0 Å². The lowest BCUT2D eigenvalue weighted by atomic mass is 10.1. The van der Waals surface area contributed by atoms with Gasteiger partial charge in [0.25, 0.3) is 5.56 Å². The Balaban J connectivity index is 1.66. The van der Waals surface area contributed by atoms with Gasteiger partial charge in [0.1, 0.15) is 18.4 Å². The predicted molar refractivity (Wildman–Crippen MR) is 118 cm³/mol. The first-order valence-electron chi connectivity index (χ1n) is 9.50. The molecular formula is C23H21ClN4O3. The summed E-state index contributed by atoms with van der Waals surface area (Å²) in [7, 11) is 0. The minimum absolute atomic E-state index is 0.0309. The van der Waals surface area contributed by atoms with Crippen molar-refractivity contribution < 1.29 is 9.57 Å². The van der Waals surface area contributed by atoms with Gasteiger partial charge >= 0.3 is 0 Å². The van der Waals surface area contributed by atoms with E-state index in [-0.39, 0.29) is 23.1 Å². The maximum Gasteiger partial charge on any atom is 0.289 e. The maximum atomic E-state index is 12.4. The first-order chi connectivity index (χ1) is 14.8. The third kappa shape index (κ3) is 5.50. The smallest absolute Gasteiger partial charge is 0.289 e. The summed E-state index contributed by atoms with van der Waals surface area (Å²) in [6, 6.07) is 18.1. The molecule has 0 radical (unpaired) electrons. The van der Waals surface area contributed by atoms with E-state index in [9.17, 15) is 10.1 Å². The van der Waals surface area contributed by atoms with Crippen molar-refractivity contribution in [3.05, 3.63) is 87.3 Å². The van der Waals surface area contributed by atoms with Crippen LogP contribution in [-0.4, -0.2) is 15.5 Å². The first kappa shape index (κ1) is 22.1. The van der Waals surface area contributed by atoms with Gasteiger partial charge in [0.15, 0.2) is 16.5 Å². The zero-order valence-electron chi connectivity index (χ0n) is 17.4. The van der Waals surface area contributed by atoms with Crippen molar-refractivity contribution in [2.24, 2.45) is 5.16 Å². The van der Waals surface area contributed by atoms with Crippen molar-refractivity contribution in [1.29, 1.82) is 5.26 Å². The minimum Gasteiger partial charge on any atom is -0.454 e. The Hall–Kier alpha value is -3.63. The van der Waals surface area contributed by atoms with Crippen LogP contribution in [0.15, 0.2) is 70.7 Å². The SMILES string of the molecule is CC(C)(C)n1ncc(Oc2ccc(CO/N=C(/C#N)c3ccccc3)cc2)c(Cl)c1=O. The highest BCUT2D eigenvalue weighted by Gasteiger charge is 2.20. The molecule has 31 heavy (non-hydrogen) atoms. The van der Waals surface area contributed by atoms with Crippen molar-refractivity contribution >= 4 is 17.3 Å².